The van der Waals surface area contributed by atoms with Gasteiger partial charge in [-0.2, -0.15) is 11.8 Å². The van der Waals surface area contributed by atoms with Crippen molar-refractivity contribution < 1.29 is 0 Å². The normalized spacial score (nSPS) is 7.33. The first kappa shape index (κ1) is 28.2. The van der Waals surface area contributed by atoms with E-state index in [4.69, 9.17) is 0 Å². The summed E-state index contributed by atoms with van der Waals surface area (Å²) in [5, 5.41) is 0. The molecule has 0 aromatic heterocycles. The lowest BCUT2D eigenvalue weighted by Crippen LogP contribution is -1.85. The first-order valence-corrected chi connectivity index (χ1v) is 9.36. The third-order valence-electron chi connectivity index (χ3n) is 1.91. The summed E-state index contributed by atoms with van der Waals surface area (Å²) in [6, 6.07) is 8.71. The predicted molar refractivity (Wildman–Crippen MR) is 108 cm³/mol. The molecule has 1 aromatic rings. The molecule has 0 spiro atoms. The smallest absolute Gasteiger partial charge is 0.0187 e. The second-order valence-corrected chi connectivity index (χ2v) is 4.76. The minimum atomic E-state index is 0.653. The molecule has 1 rings (SSSR count). The van der Waals surface area contributed by atoms with E-state index in [0.29, 0.717) is 5.92 Å². The average Bonchev–Trinajstić information content (AvgIpc) is 2.53. The van der Waals surface area contributed by atoms with Crippen LogP contribution in [0.5, 0.6) is 0 Å². The molecule has 0 atom stereocenters. The highest BCUT2D eigenvalue weighted by Gasteiger charge is 1.95. The van der Waals surface area contributed by atoms with Gasteiger partial charge in [-0.25, -0.2) is 0 Å². The average molecular weight is 311 g/mol. The molecule has 0 aliphatic rings. The molecular weight excluding hydrogens is 272 g/mol. The van der Waals surface area contributed by atoms with Crippen molar-refractivity contribution in [3.63, 3.8) is 0 Å². The molecule has 0 unspecified atom stereocenters. The molecule has 0 radical (unpaired) electrons. The molecule has 1 aromatic carbocycles. The van der Waals surface area contributed by atoms with E-state index in [9.17, 15) is 0 Å². The van der Waals surface area contributed by atoms with Gasteiger partial charge in [-0.1, -0.05) is 96.7 Å². The molecule has 0 aliphatic carbocycles. The Morgan fingerprint density at radius 3 is 1.33 bits per heavy atom. The molecule has 124 valence electrons. The van der Waals surface area contributed by atoms with Crippen molar-refractivity contribution in [2.75, 3.05) is 12.5 Å². The first-order valence-electron chi connectivity index (χ1n) is 7.73. The second kappa shape index (κ2) is 27.4. The van der Waals surface area contributed by atoms with Crippen LogP contribution in [0.25, 0.3) is 0 Å². The van der Waals surface area contributed by atoms with Crippen LogP contribution in [0.2, 0.25) is 0 Å². The Hall–Kier alpha value is -0.950. The van der Waals surface area contributed by atoms with E-state index in [1.165, 1.54) is 11.1 Å². The molecule has 0 heterocycles. The van der Waals surface area contributed by atoms with Crippen molar-refractivity contribution in [2.45, 2.75) is 54.4 Å². The highest BCUT2D eigenvalue weighted by atomic mass is 32.2. The highest BCUT2D eigenvalue weighted by Crippen LogP contribution is 2.13. The molecule has 1 heteroatoms. The van der Waals surface area contributed by atoms with E-state index in [-0.39, 0.29) is 0 Å². The molecule has 0 fully saturated rings. The molecular formula is C20H38S. The van der Waals surface area contributed by atoms with E-state index in [2.05, 4.69) is 58.2 Å². The van der Waals surface area contributed by atoms with Gasteiger partial charge in [0.1, 0.15) is 0 Å². The van der Waals surface area contributed by atoms with Crippen molar-refractivity contribution in [3.8, 4) is 0 Å². The summed E-state index contributed by atoms with van der Waals surface area (Å²) in [7, 11) is 0. The molecule has 0 saturated heterocycles. The number of benzene rings is 1. The summed E-state index contributed by atoms with van der Waals surface area (Å²) in [6.45, 7) is 21.3. The van der Waals surface area contributed by atoms with E-state index >= 15 is 0 Å². The SMILES string of the molecule is C=CC=C.CC.CC.CSC.Cc1ccc(C(C)C)cc1. The van der Waals surface area contributed by atoms with Crippen LogP contribution in [0.4, 0.5) is 0 Å². The largest absolute Gasteiger partial charge is 0.169 e. The summed E-state index contributed by atoms with van der Waals surface area (Å²) in [5.74, 6) is 0.653. The van der Waals surface area contributed by atoms with Gasteiger partial charge in [0.25, 0.3) is 0 Å². The molecule has 21 heavy (non-hydrogen) atoms. The Morgan fingerprint density at radius 2 is 1.14 bits per heavy atom. The fourth-order valence-corrected chi connectivity index (χ4v) is 0.951. The fraction of sp³-hybridized carbons (Fsp3) is 0.500. The summed E-state index contributed by atoms with van der Waals surface area (Å²) >= 11 is 1.75. The lowest BCUT2D eigenvalue weighted by Gasteiger charge is -2.03. The number of aryl methyl sites for hydroxylation is 1. The van der Waals surface area contributed by atoms with Crippen LogP contribution < -0.4 is 0 Å². The fourth-order valence-electron chi connectivity index (χ4n) is 0.951. The quantitative estimate of drug-likeness (QED) is 0.509. The van der Waals surface area contributed by atoms with Gasteiger partial charge in [0.2, 0.25) is 0 Å². The van der Waals surface area contributed by atoms with Gasteiger partial charge in [-0.3, -0.25) is 0 Å². The van der Waals surface area contributed by atoms with Crippen LogP contribution in [0.3, 0.4) is 0 Å². The van der Waals surface area contributed by atoms with Gasteiger partial charge in [-0.05, 0) is 30.9 Å². The van der Waals surface area contributed by atoms with Crippen LogP contribution in [0, 0.1) is 6.92 Å². The maximum Gasteiger partial charge on any atom is -0.0187 e. The molecule has 0 amide bonds. The Labute approximate surface area is 139 Å². The Morgan fingerprint density at radius 1 is 0.857 bits per heavy atom. The maximum atomic E-state index is 3.36. The predicted octanol–water partition coefficient (Wildman–Crippen LogP) is 7.51. The van der Waals surface area contributed by atoms with E-state index < -0.39 is 0 Å². The van der Waals surface area contributed by atoms with Gasteiger partial charge < -0.3 is 0 Å². The third kappa shape index (κ3) is 28.1. The van der Waals surface area contributed by atoms with Gasteiger partial charge in [0.05, 0.1) is 0 Å². The van der Waals surface area contributed by atoms with Crippen LogP contribution in [0.1, 0.15) is 58.6 Å². The number of hydrogen-bond donors (Lipinski definition) is 0. The second-order valence-electron chi connectivity index (χ2n) is 3.95. The maximum absolute atomic E-state index is 3.36. The number of allylic oxidation sites excluding steroid dienone is 2. The molecule has 0 N–H and O–H groups in total. The minimum absolute atomic E-state index is 0.653. The van der Waals surface area contributed by atoms with Gasteiger partial charge in [-0.15, -0.1) is 0 Å². The molecule has 0 aliphatic heterocycles. The van der Waals surface area contributed by atoms with Crippen molar-refractivity contribution in [1.82, 2.24) is 0 Å². The zero-order valence-electron chi connectivity index (χ0n) is 15.9. The van der Waals surface area contributed by atoms with Crippen LogP contribution in [-0.4, -0.2) is 12.5 Å². The summed E-state index contributed by atoms with van der Waals surface area (Å²) in [5.41, 5.74) is 2.76. The van der Waals surface area contributed by atoms with Crippen molar-refractivity contribution in [3.05, 3.63) is 60.7 Å². The monoisotopic (exact) mass is 310 g/mol. The van der Waals surface area contributed by atoms with Crippen LogP contribution >= 0.6 is 11.8 Å². The third-order valence-corrected chi connectivity index (χ3v) is 1.91. The topological polar surface area (TPSA) is 0 Å². The zero-order valence-corrected chi connectivity index (χ0v) is 16.7. The van der Waals surface area contributed by atoms with E-state index in [0.717, 1.165) is 0 Å². The Balaban J connectivity index is -0.000000111. The van der Waals surface area contributed by atoms with Gasteiger partial charge in [0.15, 0.2) is 0 Å². The molecule has 0 bridgehead atoms. The number of hydrogen-bond acceptors (Lipinski definition) is 1. The Bertz CT molecular complexity index is 277. The number of rotatable bonds is 2. The van der Waals surface area contributed by atoms with Crippen LogP contribution in [-0.2, 0) is 0 Å². The minimum Gasteiger partial charge on any atom is -0.169 e. The first-order chi connectivity index (χ1) is 10.0. The Kier molecular flexibility index (Phi) is 36.9. The molecule has 0 saturated carbocycles. The molecule has 0 nitrogen and oxygen atoms in total. The van der Waals surface area contributed by atoms with Crippen LogP contribution in [0.15, 0.2) is 49.6 Å². The zero-order chi connectivity index (χ0) is 17.7. The number of thioether (sulfide) groups is 1. The lowest BCUT2D eigenvalue weighted by molar-refractivity contribution is 0.866. The summed E-state index contributed by atoms with van der Waals surface area (Å²) in [6.07, 6.45) is 7.36. The summed E-state index contributed by atoms with van der Waals surface area (Å²) < 4.78 is 0. The van der Waals surface area contributed by atoms with Crippen molar-refractivity contribution in [1.29, 1.82) is 0 Å². The van der Waals surface area contributed by atoms with Crippen molar-refractivity contribution in [2.24, 2.45) is 0 Å². The standard InChI is InChI=1S/C10H14.C4H6.C2H6S.2C2H6/c1-8(2)10-6-4-9(3)5-7-10;1-3-4-2;1-3-2;2*1-2/h4-8H,1-3H3;3-4H,1-2H2;1-2H3;2*1-2H3. The highest BCUT2D eigenvalue weighted by molar-refractivity contribution is 7.97. The van der Waals surface area contributed by atoms with Gasteiger partial charge in [0, 0.05) is 0 Å². The van der Waals surface area contributed by atoms with E-state index in [1.807, 2.05) is 40.2 Å². The summed E-state index contributed by atoms with van der Waals surface area (Å²) in [4.78, 5) is 0. The van der Waals surface area contributed by atoms with E-state index in [1.54, 1.807) is 23.9 Å². The van der Waals surface area contributed by atoms with Crippen molar-refractivity contribution >= 4 is 11.8 Å². The van der Waals surface area contributed by atoms with Gasteiger partial charge >= 0.3 is 0 Å². The lowest BCUT2D eigenvalue weighted by atomic mass is 10.0.